The summed E-state index contributed by atoms with van der Waals surface area (Å²) in [7, 11) is 0. The van der Waals surface area contributed by atoms with E-state index in [-0.39, 0.29) is 30.2 Å². The van der Waals surface area contributed by atoms with Crippen LogP contribution in [-0.2, 0) is 11.3 Å². The largest absolute Gasteiger partial charge is 0.478 e. The lowest BCUT2D eigenvalue weighted by atomic mass is 9.98. The molecule has 6 heteroatoms. The van der Waals surface area contributed by atoms with Gasteiger partial charge in [0, 0.05) is 18.0 Å². The van der Waals surface area contributed by atoms with E-state index < -0.39 is 17.9 Å². The van der Waals surface area contributed by atoms with Gasteiger partial charge in [0.25, 0.3) is 0 Å². The van der Waals surface area contributed by atoms with Crippen molar-refractivity contribution in [3.05, 3.63) is 94.8 Å². The van der Waals surface area contributed by atoms with E-state index in [0.29, 0.717) is 0 Å². The van der Waals surface area contributed by atoms with E-state index in [0.717, 1.165) is 28.3 Å². The minimum absolute atomic E-state index is 0.0456. The number of carboxylic acid groups (broad SMARTS) is 1. The van der Waals surface area contributed by atoms with E-state index in [4.69, 9.17) is 9.84 Å². The molecule has 29 heavy (non-hydrogen) atoms. The molecule has 5 nitrogen and oxygen atoms in total. The van der Waals surface area contributed by atoms with Gasteiger partial charge in [0.05, 0.1) is 5.56 Å². The molecule has 2 N–H and O–H groups in total. The smallest absolute Gasteiger partial charge is 0.407 e. The number of carboxylic acids is 1. The molecule has 1 aliphatic carbocycles. The van der Waals surface area contributed by atoms with Crippen molar-refractivity contribution in [3.8, 4) is 11.1 Å². The summed E-state index contributed by atoms with van der Waals surface area (Å²) >= 11 is 0. The maximum absolute atomic E-state index is 13.9. The third-order valence-electron chi connectivity index (χ3n) is 5.06. The van der Waals surface area contributed by atoms with Crippen LogP contribution in [0, 0.1) is 5.82 Å². The van der Waals surface area contributed by atoms with Crippen molar-refractivity contribution in [1.82, 2.24) is 5.32 Å². The van der Waals surface area contributed by atoms with E-state index in [2.05, 4.69) is 5.32 Å². The van der Waals surface area contributed by atoms with Crippen LogP contribution in [0.25, 0.3) is 11.1 Å². The van der Waals surface area contributed by atoms with Gasteiger partial charge in [-0.3, -0.25) is 0 Å². The molecule has 0 heterocycles. The fourth-order valence-electron chi connectivity index (χ4n) is 3.66. The number of ether oxygens (including phenoxy) is 1. The van der Waals surface area contributed by atoms with Crippen molar-refractivity contribution in [1.29, 1.82) is 0 Å². The molecule has 0 aliphatic heterocycles. The Morgan fingerprint density at radius 3 is 2.21 bits per heavy atom. The van der Waals surface area contributed by atoms with Crippen LogP contribution in [0.1, 0.15) is 33.0 Å². The summed E-state index contributed by atoms with van der Waals surface area (Å²) in [6.45, 7) is -0.0128. The maximum Gasteiger partial charge on any atom is 0.407 e. The molecule has 0 radical (unpaired) electrons. The van der Waals surface area contributed by atoms with Crippen molar-refractivity contribution in [2.75, 3.05) is 6.61 Å². The summed E-state index contributed by atoms with van der Waals surface area (Å²) in [5, 5.41) is 11.5. The number of amides is 1. The molecule has 0 saturated carbocycles. The van der Waals surface area contributed by atoms with Crippen LogP contribution in [0.2, 0.25) is 0 Å². The van der Waals surface area contributed by atoms with Crippen LogP contribution in [-0.4, -0.2) is 23.8 Å². The first-order chi connectivity index (χ1) is 14.0. The van der Waals surface area contributed by atoms with Crippen LogP contribution in [0.5, 0.6) is 0 Å². The second kappa shape index (κ2) is 7.75. The number of nitrogens with one attached hydrogen (secondary N) is 1. The first-order valence-corrected chi connectivity index (χ1v) is 9.15. The number of fused-ring (bicyclic) bond motifs is 3. The monoisotopic (exact) mass is 391 g/mol. The van der Waals surface area contributed by atoms with Gasteiger partial charge in [-0.2, -0.15) is 0 Å². The summed E-state index contributed by atoms with van der Waals surface area (Å²) in [6.07, 6.45) is -0.688. The van der Waals surface area contributed by atoms with E-state index in [1.54, 1.807) is 0 Å². The summed E-state index contributed by atoms with van der Waals surface area (Å²) < 4.78 is 19.3. The van der Waals surface area contributed by atoms with Gasteiger partial charge >= 0.3 is 12.1 Å². The van der Waals surface area contributed by atoms with Gasteiger partial charge in [-0.25, -0.2) is 14.0 Å². The zero-order valence-electron chi connectivity index (χ0n) is 15.4. The van der Waals surface area contributed by atoms with Crippen LogP contribution in [0.4, 0.5) is 9.18 Å². The SMILES string of the molecule is O=C(NCc1cc(C(=O)O)ccc1F)OCC1c2ccccc2-c2ccccc21. The number of aromatic carboxylic acids is 1. The molecule has 4 rings (SSSR count). The van der Waals surface area contributed by atoms with Crippen molar-refractivity contribution in [3.63, 3.8) is 0 Å². The lowest BCUT2D eigenvalue weighted by Crippen LogP contribution is -2.26. The van der Waals surface area contributed by atoms with Crippen LogP contribution in [0.3, 0.4) is 0 Å². The highest BCUT2D eigenvalue weighted by molar-refractivity contribution is 5.87. The summed E-state index contributed by atoms with van der Waals surface area (Å²) in [5.41, 5.74) is 4.49. The van der Waals surface area contributed by atoms with Gasteiger partial charge in [-0.1, -0.05) is 48.5 Å². The van der Waals surface area contributed by atoms with E-state index in [9.17, 15) is 14.0 Å². The van der Waals surface area contributed by atoms with Crippen molar-refractivity contribution >= 4 is 12.1 Å². The predicted octanol–water partition coefficient (Wildman–Crippen LogP) is 4.56. The minimum atomic E-state index is -1.16. The van der Waals surface area contributed by atoms with Crippen LogP contribution >= 0.6 is 0 Å². The molecule has 1 amide bonds. The molecule has 0 atom stereocenters. The van der Waals surface area contributed by atoms with Crippen molar-refractivity contribution < 1.29 is 23.8 Å². The highest BCUT2D eigenvalue weighted by Crippen LogP contribution is 2.44. The molecule has 1 aliphatic rings. The Balaban J connectivity index is 1.42. The number of carbonyl (C=O) groups excluding carboxylic acids is 1. The van der Waals surface area contributed by atoms with E-state index >= 15 is 0 Å². The molecule has 0 saturated heterocycles. The van der Waals surface area contributed by atoms with Crippen LogP contribution < -0.4 is 5.32 Å². The molecule has 3 aromatic carbocycles. The Hall–Kier alpha value is -3.67. The second-order valence-electron chi connectivity index (χ2n) is 6.79. The number of alkyl carbamates (subject to hydrolysis) is 1. The number of halogens is 1. The maximum atomic E-state index is 13.9. The zero-order chi connectivity index (χ0) is 20.4. The molecule has 0 fully saturated rings. The molecule has 0 spiro atoms. The summed E-state index contributed by atoms with van der Waals surface area (Å²) in [6, 6.07) is 19.4. The summed E-state index contributed by atoms with van der Waals surface area (Å²) in [4.78, 5) is 23.2. The standard InChI is InChI=1S/C23H18FNO4/c24-21-10-9-14(22(26)27)11-15(21)12-25-23(28)29-13-20-18-7-3-1-5-16(18)17-6-2-4-8-19(17)20/h1-11,20H,12-13H2,(H,25,28)(H,26,27). The lowest BCUT2D eigenvalue weighted by molar-refractivity contribution is 0.0696. The van der Waals surface area contributed by atoms with Crippen molar-refractivity contribution in [2.24, 2.45) is 0 Å². The van der Waals surface area contributed by atoms with Crippen molar-refractivity contribution in [2.45, 2.75) is 12.5 Å². The average molecular weight is 391 g/mol. The van der Waals surface area contributed by atoms with Gasteiger partial charge in [-0.05, 0) is 40.5 Å². The van der Waals surface area contributed by atoms with Crippen LogP contribution in [0.15, 0.2) is 66.7 Å². The molecule has 0 bridgehead atoms. The van der Waals surface area contributed by atoms with Gasteiger partial charge < -0.3 is 15.2 Å². The predicted molar refractivity (Wildman–Crippen MR) is 105 cm³/mol. The highest BCUT2D eigenvalue weighted by Gasteiger charge is 2.28. The number of carbonyl (C=O) groups is 2. The Morgan fingerprint density at radius 1 is 0.966 bits per heavy atom. The van der Waals surface area contributed by atoms with Gasteiger partial charge in [0.15, 0.2) is 0 Å². The number of hydrogen-bond donors (Lipinski definition) is 2. The number of hydrogen-bond acceptors (Lipinski definition) is 3. The van der Waals surface area contributed by atoms with Gasteiger partial charge in [0.1, 0.15) is 12.4 Å². The second-order valence-corrected chi connectivity index (χ2v) is 6.79. The van der Waals surface area contributed by atoms with Gasteiger partial charge in [-0.15, -0.1) is 0 Å². The summed E-state index contributed by atoms with van der Waals surface area (Å²) in [5.74, 6) is -1.82. The van der Waals surface area contributed by atoms with Gasteiger partial charge in [0.2, 0.25) is 0 Å². The molecular formula is C23H18FNO4. The number of benzene rings is 3. The first kappa shape index (κ1) is 18.7. The third kappa shape index (κ3) is 3.69. The quantitative estimate of drug-likeness (QED) is 0.668. The fourth-order valence-corrected chi connectivity index (χ4v) is 3.66. The normalized spacial score (nSPS) is 12.2. The molecule has 146 valence electrons. The zero-order valence-corrected chi connectivity index (χ0v) is 15.4. The highest BCUT2D eigenvalue weighted by atomic mass is 19.1. The molecule has 3 aromatic rings. The molecular weight excluding hydrogens is 373 g/mol. The van der Waals surface area contributed by atoms with E-state index in [1.807, 2.05) is 48.5 Å². The average Bonchev–Trinajstić information content (AvgIpc) is 3.05. The topological polar surface area (TPSA) is 75.6 Å². The Kier molecular flexibility index (Phi) is 4.99. The Morgan fingerprint density at radius 2 is 1.59 bits per heavy atom. The third-order valence-corrected chi connectivity index (χ3v) is 5.06. The fraction of sp³-hybridized carbons (Fsp3) is 0.130. The minimum Gasteiger partial charge on any atom is -0.478 e. The molecule has 0 aromatic heterocycles. The number of rotatable bonds is 5. The first-order valence-electron chi connectivity index (χ1n) is 9.15. The van der Waals surface area contributed by atoms with E-state index in [1.165, 1.54) is 12.1 Å². The lowest BCUT2D eigenvalue weighted by Gasteiger charge is -2.14. The molecule has 0 unspecified atom stereocenters. The Bertz CT molecular complexity index is 1050. The Labute approximate surface area is 166 Å².